The van der Waals surface area contributed by atoms with Gasteiger partial charge < -0.3 is 10.4 Å². The first-order chi connectivity index (χ1) is 7.11. The standard InChI is InChI=1S/C12H23NO2/c1-9(2)7-8-13-11-6-4-3-5-10(11)12(14)15/h9-11,13H,3-8H2,1-2H3,(H,14,15). The minimum Gasteiger partial charge on any atom is -0.481 e. The van der Waals surface area contributed by atoms with Crippen LogP contribution in [0.25, 0.3) is 0 Å². The molecule has 1 saturated carbocycles. The Bertz CT molecular complexity index is 204. The van der Waals surface area contributed by atoms with Gasteiger partial charge in [-0.25, -0.2) is 0 Å². The monoisotopic (exact) mass is 213 g/mol. The first kappa shape index (κ1) is 12.5. The average Bonchev–Trinajstić information content (AvgIpc) is 2.17. The number of hydrogen-bond acceptors (Lipinski definition) is 2. The zero-order valence-electron chi connectivity index (χ0n) is 9.83. The lowest BCUT2D eigenvalue weighted by atomic mass is 9.84. The van der Waals surface area contributed by atoms with Gasteiger partial charge in [0.05, 0.1) is 5.92 Å². The molecular weight excluding hydrogens is 190 g/mol. The topological polar surface area (TPSA) is 49.3 Å². The Labute approximate surface area is 92.3 Å². The first-order valence-electron chi connectivity index (χ1n) is 6.07. The second-order valence-corrected chi connectivity index (χ2v) is 4.97. The highest BCUT2D eigenvalue weighted by Gasteiger charge is 2.29. The third-order valence-corrected chi connectivity index (χ3v) is 3.21. The van der Waals surface area contributed by atoms with Crippen LogP contribution in [0, 0.1) is 11.8 Å². The predicted molar refractivity (Wildman–Crippen MR) is 60.8 cm³/mol. The maximum Gasteiger partial charge on any atom is 0.308 e. The Hall–Kier alpha value is -0.570. The molecule has 0 heterocycles. The lowest BCUT2D eigenvalue weighted by Gasteiger charge is -2.29. The zero-order chi connectivity index (χ0) is 11.3. The summed E-state index contributed by atoms with van der Waals surface area (Å²) in [6, 6.07) is 0.204. The van der Waals surface area contributed by atoms with Crippen LogP contribution in [0.5, 0.6) is 0 Å². The van der Waals surface area contributed by atoms with Gasteiger partial charge in [0.15, 0.2) is 0 Å². The maximum absolute atomic E-state index is 11.0. The molecule has 1 rings (SSSR count). The highest BCUT2D eigenvalue weighted by molar-refractivity contribution is 5.71. The Morgan fingerprint density at radius 2 is 2.07 bits per heavy atom. The van der Waals surface area contributed by atoms with Crippen molar-refractivity contribution in [1.29, 1.82) is 0 Å². The number of carboxylic acid groups (broad SMARTS) is 1. The van der Waals surface area contributed by atoms with E-state index in [1.54, 1.807) is 0 Å². The van der Waals surface area contributed by atoms with Crippen molar-refractivity contribution >= 4 is 5.97 Å². The Balaban J connectivity index is 2.33. The molecule has 0 amide bonds. The number of aliphatic carboxylic acids is 1. The Morgan fingerprint density at radius 3 is 2.67 bits per heavy atom. The van der Waals surface area contributed by atoms with Gasteiger partial charge in [-0.2, -0.15) is 0 Å². The number of rotatable bonds is 5. The molecule has 2 N–H and O–H groups in total. The molecule has 0 bridgehead atoms. The lowest BCUT2D eigenvalue weighted by molar-refractivity contribution is -0.143. The Morgan fingerprint density at radius 1 is 1.40 bits per heavy atom. The van der Waals surface area contributed by atoms with Crippen LogP contribution in [0.3, 0.4) is 0 Å². The van der Waals surface area contributed by atoms with Crippen molar-refractivity contribution < 1.29 is 9.90 Å². The minimum atomic E-state index is -0.628. The smallest absolute Gasteiger partial charge is 0.308 e. The second kappa shape index (κ2) is 6.11. The molecule has 88 valence electrons. The molecule has 2 unspecified atom stereocenters. The highest BCUT2D eigenvalue weighted by atomic mass is 16.4. The summed E-state index contributed by atoms with van der Waals surface area (Å²) in [5, 5.41) is 12.5. The van der Waals surface area contributed by atoms with Gasteiger partial charge in [0.25, 0.3) is 0 Å². The molecule has 1 aliphatic rings. The number of carbonyl (C=O) groups is 1. The molecule has 2 atom stereocenters. The molecule has 0 aromatic rings. The molecule has 0 saturated heterocycles. The summed E-state index contributed by atoms with van der Waals surface area (Å²) in [6.45, 7) is 5.33. The molecule has 0 aliphatic heterocycles. The number of carboxylic acids is 1. The molecule has 3 nitrogen and oxygen atoms in total. The van der Waals surface area contributed by atoms with Crippen molar-refractivity contribution in [3.05, 3.63) is 0 Å². The van der Waals surface area contributed by atoms with Gasteiger partial charge in [-0.3, -0.25) is 4.79 Å². The van der Waals surface area contributed by atoms with Crippen molar-refractivity contribution in [3.8, 4) is 0 Å². The van der Waals surface area contributed by atoms with E-state index in [1.165, 1.54) is 6.42 Å². The Kier molecular flexibility index (Phi) is 5.09. The molecule has 0 aromatic heterocycles. The van der Waals surface area contributed by atoms with Crippen molar-refractivity contribution in [2.75, 3.05) is 6.54 Å². The molecule has 15 heavy (non-hydrogen) atoms. The summed E-state index contributed by atoms with van der Waals surface area (Å²) >= 11 is 0. The average molecular weight is 213 g/mol. The first-order valence-corrected chi connectivity index (χ1v) is 6.07. The lowest BCUT2D eigenvalue weighted by Crippen LogP contribution is -2.42. The van der Waals surface area contributed by atoms with Gasteiger partial charge in [0.2, 0.25) is 0 Å². The molecule has 1 fully saturated rings. The maximum atomic E-state index is 11.0. The molecule has 1 aliphatic carbocycles. The summed E-state index contributed by atoms with van der Waals surface area (Å²) in [5.74, 6) is -0.105. The van der Waals surface area contributed by atoms with Crippen LogP contribution in [0.2, 0.25) is 0 Å². The SMILES string of the molecule is CC(C)CCNC1CCCCC1C(=O)O. The van der Waals surface area contributed by atoms with E-state index in [-0.39, 0.29) is 12.0 Å². The van der Waals surface area contributed by atoms with E-state index in [9.17, 15) is 4.79 Å². The highest BCUT2D eigenvalue weighted by Crippen LogP contribution is 2.24. The fraction of sp³-hybridized carbons (Fsp3) is 0.917. The van der Waals surface area contributed by atoms with Crippen molar-refractivity contribution in [2.24, 2.45) is 11.8 Å². The van der Waals surface area contributed by atoms with Gasteiger partial charge in [0.1, 0.15) is 0 Å². The van der Waals surface area contributed by atoms with Gasteiger partial charge in [-0.15, -0.1) is 0 Å². The van der Waals surface area contributed by atoms with E-state index in [0.29, 0.717) is 5.92 Å². The van der Waals surface area contributed by atoms with Crippen molar-refractivity contribution in [2.45, 2.75) is 52.0 Å². The largest absolute Gasteiger partial charge is 0.481 e. The van der Waals surface area contributed by atoms with Gasteiger partial charge in [-0.05, 0) is 31.7 Å². The summed E-state index contributed by atoms with van der Waals surface area (Å²) < 4.78 is 0. The molecule has 0 aromatic carbocycles. The van der Waals surface area contributed by atoms with E-state index in [2.05, 4.69) is 19.2 Å². The van der Waals surface area contributed by atoms with Crippen LogP contribution >= 0.6 is 0 Å². The van der Waals surface area contributed by atoms with E-state index in [0.717, 1.165) is 32.2 Å². The van der Waals surface area contributed by atoms with Gasteiger partial charge in [-0.1, -0.05) is 26.7 Å². The van der Waals surface area contributed by atoms with Gasteiger partial charge in [0, 0.05) is 6.04 Å². The summed E-state index contributed by atoms with van der Waals surface area (Å²) in [7, 11) is 0. The van der Waals surface area contributed by atoms with E-state index in [4.69, 9.17) is 5.11 Å². The van der Waals surface area contributed by atoms with Crippen LogP contribution in [-0.2, 0) is 4.79 Å². The predicted octanol–water partition coefficient (Wildman–Crippen LogP) is 2.27. The molecule has 3 heteroatoms. The molecular formula is C12H23NO2. The van der Waals surface area contributed by atoms with Crippen molar-refractivity contribution in [3.63, 3.8) is 0 Å². The third-order valence-electron chi connectivity index (χ3n) is 3.21. The summed E-state index contributed by atoms with van der Waals surface area (Å²) in [4.78, 5) is 11.0. The summed E-state index contributed by atoms with van der Waals surface area (Å²) in [6.07, 6.45) is 5.23. The second-order valence-electron chi connectivity index (χ2n) is 4.97. The number of hydrogen-bond donors (Lipinski definition) is 2. The van der Waals surface area contributed by atoms with E-state index in [1.807, 2.05) is 0 Å². The zero-order valence-corrected chi connectivity index (χ0v) is 9.83. The van der Waals surface area contributed by atoms with Crippen molar-refractivity contribution in [1.82, 2.24) is 5.32 Å². The molecule has 0 spiro atoms. The van der Waals surface area contributed by atoms with Crippen LogP contribution in [-0.4, -0.2) is 23.7 Å². The van der Waals surface area contributed by atoms with Crippen LogP contribution in [0.4, 0.5) is 0 Å². The van der Waals surface area contributed by atoms with E-state index >= 15 is 0 Å². The number of nitrogens with one attached hydrogen (secondary N) is 1. The van der Waals surface area contributed by atoms with Crippen LogP contribution < -0.4 is 5.32 Å². The van der Waals surface area contributed by atoms with Gasteiger partial charge >= 0.3 is 5.97 Å². The normalized spacial score (nSPS) is 26.9. The summed E-state index contributed by atoms with van der Waals surface area (Å²) in [5.41, 5.74) is 0. The van der Waals surface area contributed by atoms with E-state index < -0.39 is 5.97 Å². The third kappa shape index (κ3) is 4.20. The van der Waals surface area contributed by atoms with Crippen LogP contribution in [0.15, 0.2) is 0 Å². The minimum absolute atomic E-state index is 0.161. The quantitative estimate of drug-likeness (QED) is 0.736. The molecule has 0 radical (unpaired) electrons. The fourth-order valence-corrected chi connectivity index (χ4v) is 2.23. The van der Waals surface area contributed by atoms with Crippen LogP contribution in [0.1, 0.15) is 46.0 Å². The fourth-order valence-electron chi connectivity index (χ4n) is 2.23.